The lowest BCUT2D eigenvalue weighted by Gasteiger charge is -2.41. The first kappa shape index (κ1) is 15.3. The Bertz CT molecular complexity index is 271. The van der Waals surface area contributed by atoms with Gasteiger partial charge in [-0.05, 0) is 38.8 Å². The molecule has 1 heterocycles. The van der Waals surface area contributed by atoms with Crippen LogP contribution in [0.15, 0.2) is 0 Å². The summed E-state index contributed by atoms with van der Waals surface area (Å²) < 4.78 is 0. The molecule has 112 valence electrons. The Kier molecular flexibility index (Phi) is 5.67. The van der Waals surface area contributed by atoms with Crippen molar-refractivity contribution < 1.29 is 5.11 Å². The number of piperazine rings is 1. The largest absolute Gasteiger partial charge is 0.393 e. The van der Waals surface area contributed by atoms with E-state index in [4.69, 9.17) is 0 Å². The smallest absolute Gasteiger partial charge is 0.0586 e. The van der Waals surface area contributed by atoms with Crippen molar-refractivity contribution in [1.29, 1.82) is 0 Å². The van der Waals surface area contributed by atoms with Crippen LogP contribution in [0.2, 0.25) is 0 Å². The standard InChI is InChI=1S/C16H32N2O/c1-4-13-7-5-6-8-15(13)16(19)11-14-12-17(2)9-10-18(14)3/h13-16,19H,4-12H2,1-3H3. The molecule has 0 amide bonds. The average molecular weight is 268 g/mol. The van der Waals surface area contributed by atoms with Gasteiger partial charge in [0.25, 0.3) is 0 Å². The van der Waals surface area contributed by atoms with Crippen LogP contribution in [0, 0.1) is 11.8 Å². The van der Waals surface area contributed by atoms with Gasteiger partial charge >= 0.3 is 0 Å². The second-order valence-electron chi connectivity index (χ2n) is 6.82. The highest BCUT2D eigenvalue weighted by Crippen LogP contribution is 2.36. The molecule has 3 nitrogen and oxygen atoms in total. The van der Waals surface area contributed by atoms with Crippen molar-refractivity contribution in [2.24, 2.45) is 11.8 Å². The van der Waals surface area contributed by atoms with Crippen LogP contribution in [0.3, 0.4) is 0 Å². The van der Waals surface area contributed by atoms with Gasteiger partial charge in [-0.2, -0.15) is 0 Å². The minimum Gasteiger partial charge on any atom is -0.393 e. The van der Waals surface area contributed by atoms with Gasteiger partial charge in [0.05, 0.1) is 6.10 Å². The Morgan fingerprint density at radius 2 is 1.89 bits per heavy atom. The van der Waals surface area contributed by atoms with Gasteiger partial charge in [0.15, 0.2) is 0 Å². The summed E-state index contributed by atoms with van der Waals surface area (Å²) in [6.07, 6.45) is 7.37. The number of hydrogen-bond acceptors (Lipinski definition) is 3. The lowest BCUT2D eigenvalue weighted by molar-refractivity contribution is 0.00527. The molecule has 1 saturated carbocycles. The van der Waals surface area contributed by atoms with Crippen molar-refractivity contribution in [3.63, 3.8) is 0 Å². The Balaban J connectivity index is 1.89. The number of hydrogen-bond donors (Lipinski definition) is 1. The van der Waals surface area contributed by atoms with Gasteiger partial charge in [0, 0.05) is 25.7 Å². The predicted molar refractivity (Wildman–Crippen MR) is 80.3 cm³/mol. The molecule has 0 aromatic carbocycles. The fourth-order valence-corrected chi connectivity index (χ4v) is 4.06. The number of nitrogens with zero attached hydrogens (tertiary/aromatic N) is 2. The van der Waals surface area contributed by atoms with Crippen molar-refractivity contribution in [1.82, 2.24) is 9.80 Å². The number of rotatable bonds is 4. The predicted octanol–water partition coefficient (Wildman–Crippen LogP) is 2.20. The number of aliphatic hydroxyl groups is 1. The number of likely N-dealkylation sites (N-methyl/N-ethyl adjacent to an activating group) is 2. The van der Waals surface area contributed by atoms with E-state index in [0.717, 1.165) is 32.0 Å². The first-order valence-electron chi connectivity index (χ1n) is 8.18. The fraction of sp³-hybridized carbons (Fsp3) is 1.00. The summed E-state index contributed by atoms with van der Waals surface area (Å²) in [4.78, 5) is 4.84. The molecule has 0 radical (unpaired) electrons. The van der Waals surface area contributed by atoms with Crippen LogP contribution in [0.25, 0.3) is 0 Å². The van der Waals surface area contributed by atoms with E-state index in [1.165, 1.54) is 32.1 Å². The Morgan fingerprint density at radius 1 is 1.16 bits per heavy atom. The molecule has 1 aliphatic carbocycles. The van der Waals surface area contributed by atoms with Crippen LogP contribution in [-0.4, -0.2) is 60.8 Å². The summed E-state index contributed by atoms with van der Waals surface area (Å²) in [5.41, 5.74) is 0. The fourth-order valence-electron chi connectivity index (χ4n) is 4.06. The van der Waals surface area contributed by atoms with E-state index in [1.54, 1.807) is 0 Å². The van der Waals surface area contributed by atoms with Crippen LogP contribution < -0.4 is 0 Å². The Hall–Kier alpha value is -0.120. The normalized spacial score (nSPS) is 36.3. The summed E-state index contributed by atoms with van der Waals surface area (Å²) in [6.45, 7) is 5.69. The zero-order valence-electron chi connectivity index (χ0n) is 13.0. The van der Waals surface area contributed by atoms with E-state index in [1.807, 2.05) is 0 Å². The highest BCUT2D eigenvalue weighted by molar-refractivity contribution is 4.86. The molecular formula is C16H32N2O. The zero-order valence-corrected chi connectivity index (χ0v) is 13.0. The van der Waals surface area contributed by atoms with Crippen LogP contribution in [0.5, 0.6) is 0 Å². The monoisotopic (exact) mass is 268 g/mol. The Labute approximate surface area is 119 Å². The molecule has 2 aliphatic rings. The molecule has 0 bridgehead atoms. The van der Waals surface area contributed by atoms with Crippen molar-refractivity contribution in [2.75, 3.05) is 33.7 Å². The highest BCUT2D eigenvalue weighted by atomic mass is 16.3. The summed E-state index contributed by atoms with van der Waals surface area (Å²) in [7, 11) is 4.41. The molecule has 3 heteroatoms. The van der Waals surface area contributed by atoms with E-state index in [2.05, 4.69) is 30.8 Å². The maximum Gasteiger partial charge on any atom is 0.0586 e. The molecular weight excluding hydrogens is 236 g/mol. The lowest BCUT2D eigenvalue weighted by atomic mass is 9.73. The zero-order chi connectivity index (χ0) is 13.8. The molecule has 1 saturated heterocycles. The molecule has 2 rings (SSSR count). The minimum atomic E-state index is -0.0933. The molecule has 0 spiro atoms. The van der Waals surface area contributed by atoms with Crippen molar-refractivity contribution in [3.05, 3.63) is 0 Å². The first-order valence-corrected chi connectivity index (χ1v) is 8.18. The SMILES string of the molecule is CCC1CCCCC1C(O)CC1CN(C)CCN1C. The molecule has 1 N–H and O–H groups in total. The summed E-state index contributed by atoms with van der Waals surface area (Å²) in [5.74, 6) is 1.31. The van der Waals surface area contributed by atoms with Gasteiger partial charge in [0.2, 0.25) is 0 Å². The van der Waals surface area contributed by atoms with E-state index in [-0.39, 0.29) is 6.10 Å². The molecule has 19 heavy (non-hydrogen) atoms. The van der Waals surface area contributed by atoms with Gasteiger partial charge in [-0.15, -0.1) is 0 Å². The maximum atomic E-state index is 10.7. The number of aliphatic hydroxyl groups excluding tert-OH is 1. The molecule has 4 atom stereocenters. The van der Waals surface area contributed by atoms with Gasteiger partial charge < -0.3 is 14.9 Å². The van der Waals surface area contributed by atoms with Crippen LogP contribution >= 0.6 is 0 Å². The minimum absolute atomic E-state index is 0.0933. The average Bonchev–Trinajstić information content (AvgIpc) is 2.42. The molecule has 0 aromatic rings. The molecule has 4 unspecified atom stereocenters. The van der Waals surface area contributed by atoms with Crippen molar-refractivity contribution in [3.8, 4) is 0 Å². The van der Waals surface area contributed by atoms with Gasteiger partial charge in [-0.3, -0.25) is 0 Å². The topological polar surface area (TPSA) is 26.7 Å². The van der Waals surface area contributed by atoms with Crippen LogP contribution in [-0.2, 0) is 0 Å². The van der Waals surface area contributed by atoms with Crippen molar-refractivity contribution >= 4 is 0 Å². The summed E-state index contributed by atoms with van der Waals surface area (Å²) >= 11 is 0. The third-order valence-corrected chi connectivity index (χ3v) is 5.48. The van der Waals surface area contributed by atoms with Gasteiger partial charge in [0.1, 0.15) is 0 Å². The maximum absolute atomic E-state index is 10.7. The third kappa shape index (κ3) is 3.93. The van der Waals surface area contributed by atoms with E-state index in [9.17, 15) is 5.11 Å². The second-order valence-corrected chi connectivity index (χ2v) is 6.82. The second kappa shape index (κ2) is 7.05. The van der Waals surface area contributed by atoms with E-state index in [0.29, 0.717) is 12.0 Å². The van der Waals surface area contributed by atoms with Gasteiger partial charge in [-0.25, -0.2) is 0 Å². The van der Waals surface area contributed by atoms with E-state index >= 15 is 0 Å². The highest BCUT2D eigenvalue weighted by Gasteiger charge is 2.33. The summed E-state index contributed by atoms with van der Waals surface area (Å²) in [5, 5.41) is 10.7. The molecule has 1 aliphatic heterocycles. The first-order chi connectivity index (χ1) is 9.11. The summed E-state index contributed by atoms with van der Waals surface area (Å²) in [6, 6.07) is 0.535. The molecule has 0 aromatic heterocycles. The molecule has 2 fully saturated rings. The quantitative estimate of drug-likeness (QED) is 0.847. The third-order valence-electron chi connectivity index (χ3n) is 5.48. The Morgan fingerprint density at radius 3 is 2.63 bits per heavy atom. The van der Waals surface area contributed by atoms with Crippen molar-refractivity contribution in [2.45, 2.75) is 57.6 Å². The van der Waals surface area contributed by atoms with Gasteiger partial charge in [-0.1, -0.05) is 32.6 Å². The lowest BCUT2D eigenvalue weighted by Crippen LogP contribution is -2.51. The van der Waals surface area contributed by atoms with Crippen LogP contribution in [0.4, 0.5) is 0 Å². The van der Waals surface area contributed by atoms with Crippen LogP contribution in [0.1, 0.15) is 45.4 Å². The van der Waals surface area contributed by atoms with E-state index < -0.39 is 0 Å².